The highest BCUT2D eigenvalue weighted by Crippen LogP contribution is 2.23. The van der Waals surface area contributed by atoms with Gasteiger partial charge in [0, 0.05) is 18.2 Å². The van der Waals surface area contributed by atoms with Gasteiger partial charge in [-0.3, -0.25) is 4.79 Å². The quantitative estimate of drug-likeness (QED) is 0.848. The van der Waals surface area contributed by atoms with Crippen LogP contribution in [0.15, 0.2) is 12.1 Å². The van der Waals surface area contributed by atoms with Crippen molar-refractivity contribution in [1.82, 2.24) is 5.32 Å². The van der Waals surface area contributed by atoms with Gasteiger partial charge < -0.3 is 10.6 Å². The zero-order chi connectivity index (χ0) is 13.1. The molecule has 1 saturated carbocycles. The summed E-state index contributed by atoms with van der Waals surface area (Å²) in [5, 5.41) is 5.36. The van der Waals surface area contributed by atoms with E-state index in [2.05, 4.69) is 10.6 Å². The largest absolute Gasteiger partial charge is 0.380 e. The van der Waals surface area contributed by atoms with E-state index in [9.17, 15) is 13.6 Å². The monoisotopic (exact) mass is 254 g/mol. The maximum absolute atomic E-state index is 13.7. The first-order valence-corrected chi connectivity index (χ1v) is 6.15. The van der Waals surface area contributed by atoms with Crippen LogP contribution in [0.4, 0.5) is 14.5 Å². The van der Waals surface area contributed by atoms with E-state index in [1.807, 2.05) is 6.92 Å². The van der Waals surface area contributed by atoms with Crippen LogP contribution >= 0.6 is 0 Å². The second-order valence-corrected chi connectivity index (χ2v) is 4.49. The highest BCUT2D eigenvalue weighted by Gasteiger charge is 2.24. The summed E-state index contributed by atoms with van der Waals surface area (Å²) >= 11 is 0. The Labute approximate surface area is 105 Å². The second kappa shape index (κ2) is 5.33. The summed E-state index contributed by atoms with van der Waals surface area (Å²) in [6.45, 7) is 2.39. The molecule has 2 rings (SSSR count). The molecule has 1 aliphatic rings. The highest BCUT2D eigenvalue weighted by molar-refractivity contribution is 5.95. The van der Waals surface area contributed by atoms with Crippen molar-refractivity contribution in [3.63, 3.8) is 0 Å². The molecule has 0 atom stereocenters. The first-order chi connectivity index (χ1) is 8.61. The summed E-state index contributed by atoms with van der Waals surface area (Å²) in [6.07, 6.45) is 2.64. The third kappa shape index (κ3) is 2.97. The molecule has 0 aromatic heterocycles. The summed E-state index contributed by atoms with van der Waals surface area (Å²) in [4.78, 5) is 11.7. The number of carbonyl (C=O) groups is 1. The van der Waals surface area contributed by atoms with Crippen molar-refractivity contribution >= 4 is 11.6 Å². The third-order valence-corrected chi connectivity index (χ3v) is 2.77. The van der Waals surface area contributed by atoms with Gasteiger partial charge in [0.15, 0.2) is 0 Å². The molecule has 1 fully saturated rings. The summed E-state index contributed by atoms with van der Waals surface area (Å²) in [5.74, 6) is -1.88. The van der Waals surface area contributed by atoms with Crippen LogP contribution in [0.3, 0.4) is 0 Å². The van der Waals surface area contributed by atoms with E-state index < -0.39 is 17.5 Å². The smallest absolute Gasteiger partial charge is 0.251 e. The van der Waals surface area contributed by atoms with Gasteiger partial charge in [0.1, 0.15) is 17.3 Å². The minimum Gasteiger partial charge on any atom is -0.380 e. The van der Waals surface area contributed by atoms with E-state index in [4.69, 9.17) is 0 Å². The van der Waals surface area contributed by atoms with Gasteiger partial charge >= 0.3 is 0 Å². The van der Waals surface area contributed by atoms with Crippen LogP contribution in [-0.2, 0) is 0 Å². The number of amides is 1. The molecule has 0 unspecified atom stereocenters. The first-order valence-electron chi connectivity index (χ1n) is 6.15. The van der Waals surface area contributed by atoms with Crippen LogP contribution < -0.4 is 10.6 Å². The van der Waals surface area contributed by atoms with Crippen molar-refractivity contribution in [2.75, 3.05) is 11.9 Å². The number of halogens is 2. The van der Waals surface area contributed by atoms with Gasteiger partial charge in [-0.15, -0.1) is 0 Å². The number of rotatable bonds is 5. The Morgan fingerprint density at radius 1 is 1.33 bits per heavy atom. The number of carbonyl (C=O) groups excluding carboxylic acids is 1. The summed E-state index contributed by atoms with van der Waals surface area (Å²) in [6, 6.07) is 2.30. The lowest BCUT2D eigenvalue weighted by molar-refractivity contribution is 0.0950. The molecule has 0 spiro atoms. The fourth-order valence-electron chi connectivity index (χ4n) is 1.62. The van der Waals surface area contributed by atoms with Gasteiger partial charge in [0.25, 0.3) is 5.91 Å². The zero-order valence-corrected chi connectivity index (χ0v) is 10.2. The van der Waals surface area contributed by atoms with Gasteiger partial charge in [-0.05, 0) is 31.4 Å². The lowest BCUT2D eigenvalue weighted by Crippen LogP contribution is -2.25. The van der Waals surface area contributed by atoms with Crippen molar-refractivity contribution in [2.24, 2.45) is 0 Å². The van der Waals surface area contributed by atoms with Crippen LogP contribution in [-0.4, -0.2) is 18.5 Å². The van der Waals surface area contributed by atoms with Crippen LogP contribution in [0, 0.1) is 11.6 Å². The Morgan fingerprint density at radius 2 is 1.94 bits per heavy atom. The molecule has 1 amide bonds. The number of anilines is 1. The van der Waals surface area contributed by atoms with Gasteiger partial charge in [0.2, 0.25) is 0 Å². The van der Waals surface area contributed by atoms with Crippen LogP contribution in [0.1, 0.15) is 36.5 Å². The number of hydrogen-bond donors (Lipinski definition) is 2. The van der Waals surface area contributed by atoms with Crippen LogP contribution in [0.5, 0.6) is 0 Å². The number of hydrogen-bond acceptors (Lipinski definition) is 2. The predicted octanol–water partition coefficient (Wildman–Crippen LogP) is 2.68. The summed E-state index contributed by atoms with van der Waals surface area (Å²) in [7, 11) is 0. The molecule has 5 heteroatoms. The fraction of sp³-hybridized carbons (Fsp3) is 0.462. The lowest BCUT2D eigenvalue weighted by Gasteiger charge is -2.10. The van der Waals surface area contributed by atoms with E-state index in [1.165, 1.54) is 0 Å². The van der Waals surface area contributed by atoms with Crippen LogP contribution in [0.2, 0.25) is 0 Å². The lowest BCUT2D eigenvalue weighted by atomic mass is 10.1. The standard InChI is InChI=1S/C13H16F2N2O/c1-2-5-16-12-10(14)6-8(7-11(12)15)13(18)17-9-3-4-9/h6-7,9,16H,2-5H2,1H3,(H,17,18). The van der Waals surface area contributed by atoms with Gasteiger partial charge in [-0.25, -0.2) is 8.78 Å². The van der Waals surface area contributed by atoms with Crippen molar-refractivity contribution in [2.45, 2.75) is 32.2 Å². The Morgan fingerprint density at radius 3 is 2.44 bits per heavy atom. The molecule has 1 aromatic rings. The molecule has 1 aliphatic carbocycles. The van der Waals surface area contributed by atoms with Gasteiger partial charge in [-0.1, -0.05) is 6.92 Å². The third-order valence-electron chi connectivity index (χ3n) is 2.77. The van der Waals surface area contributed by atoms with Crippen molar-refractivity contribution in [3.8, 4) is 0 Å². The van der Waals surface area contributed by atoms with E-state index in [1.54, 1.807) is 0 Å². The molecule has 1 aromatic carbocycles. The fourth-order valence-corrected chi connectivity index (χ4v) is 1.62. The Balaban J connectivity index is 2.15. The molecule has 0 saturated heterocycles. The SMILES string of the molecule is CCCNc1c(F)cc(C(=O)NC2CC2)cc1F. The highest BCUT2D eigenvalue weighted by atomic mass is 19.1. The van der Waals surface area contributed by atoms with E-state index >= 15 is 0 Å². The summed E-state index contributed by atoms with van der Waals surface area (Å²) < 4.78 is 27.3. The number of benzene rings is 1. The average molecular weight is 254 g/mol. The van der Waals surface area contributed by atoms with Gasteiger partial charge in [-0.2, -0.15) is 0 Å². The molecule has 2 N–H and O–H groups in total. The van der Waals surface area contributed by atoms with Crippen molar-refractivity contribution in [3.05, 3.63) is 29.3 Å². The molecule has 0 radical (unpaired) electrons. The molecule has 98 valence electrons. The molecule has 0 heterocycles. The maximum Gasteiger partial charge on any atom is 0.251 e. The minimum atomic E-state index is -0.732. The van der Waals surface area contributed by atoms with Gasteiger partial charge in [0.05, 0.1) is 0 Å². The average Bonchev–Trinajstić information content (AvgIpc) is 3.11. The summed E-state index contributed by atoms with van der Waals surface area (Å²) in [5.41, 5.74) is -0.140. The second-order valence-electron chi connectivity index (χ2n) is 4.49. The first kappa shape index (κ1) is 12.8. The van der Waals surface area contributed by atoms with Crippen molar-refractivity contribution in [1.29, 1.82) is 0 Å². The maximum atomic E-state index is 13.7. The molecule has 0 aliphatic heterocycles. The molecular formula is C13H16F2N2O. The number of nitrogens with one attached hydrogen (secondary N) is 2. The predicted molar refractivity (Wildman–Crippen MR) is 65.6 cm³/mol. The Kier molecular flexibility index (Phi) is 3.79. The molecule has 0 bridgehead atoms. The molecular weight excluding hydrogens is 238 g/mol. The Hall–Kier alpha value is -1.65. The van der Waals surface area contributed by atoms with E-state index in [0.717, 1.165) is 31.4 Å². The van der Waals surface area contributed by atoms with E-state index in [-0.39, 0.29) is 17.3 Å². The molecule has 18 heavy (non-hydrogen) atoms. The normalized spacial score (nSPS) is 14.4. The van der Waals surface area contributed by atoms with E-state index in [0.29, 0.717) is 6.54 Å². The topological polar surface area (TPSA) is 41.1 Å². The molecule has 3 nitrogen and oxygen atoms in total. The zero-order valence-electron chi connectivity index (χ0n) is 10.2. The minimum absolute atomic E-state index is 0.0268. The van der Waals surface area contributed by atoms with Crippen molar-refractivity contribution < 1.29 is 13.6 Å². The Bertz CT molecular complexity index is 435. The van der Waals surface area contributed by atoms with Crippen LogP contribution in [0.25, 0.3) is 0 Å².